The average Bonchev–Trinajstić information content (AvgIpc) is 2.82. The molecule has 21 heavy (non-hydrogen) atoms. The van der Waals surface area contributed by atoms with E-state index in [9.17, 15) is 14.7 Å². The number of carbonyl (C=O) groups is 2. The van der Waals surface area contributed by atoms with Crippen molar-refractivity contribution >= 4 is 45.5 Å². The number of rotatable bonds is 3. The first-order valence-corrected chi connectivity index (χ1v) is 7.68. The summed E-state index contributed by atoms with van der Waals surface area (Å²) in [4.78, 5) is 32.9. The van der Waals surface area contributed by atoms with Crippen molar-refractivity contribution in [2.45, 2.75) is 26.4 Å². The number of aromatic amines is 1. The number of hydrogen-bond donors (Lipinski definition) is 2. The summed E-state index contributed by atoms with van der Waals surface area (Å²) in [6.07, 6.45) is 3.35. The van der Waals surface area contributed by atoms with Crippen LogP contribution in [0.3, 0.4) is 0 Å². The van der Waals surface area contributed by atoms with Crippen LogP contribution in [-0.2, 0) is 11.3 Å². The third-order valence-electron chi connectivity index (χ3n) is 3.80. The lowest BCUT2D eigenvalue weighted by Crippen LogP contribution is -2.49. The van der Waals surface area contributed by atoms with Gasteiger partial charge in [0.15, 0.2) is 0 Å². The summed E-state index contributed by atoms with van der Waals surface area (Å²) in [5, 5.41) is 10.3. The summed E-state index contributed by atoms with van der Waals surface area (Å²) in [7, 11) is 0. The number of carboxylic acid groups (broad SMARTS) is 1. The highest BCUT2D eigenvalue weighted by Gasteiger charge is 2.37. The summed E-state index contributed by atoms with van der Waals surface area (Å²) in [6.45, 7) is 3.92. The van der Waals surface area contributed by atoms with E-state index in [-0.39, 0.29) is 11.8 Å². The molecule has 0 aliphatic carbocycles. The van der Waals surface area contributed by atoms with Crippen molar-refractivity contribution in [1.29, 1.82) is 0 Å². The molecular formula is C14H14IN3O3. The van der Waals surface area contributed by atoms with Gasteiger partial charge in [0.1, 0.15) is 11.7 Å². The van der Waals surface area contributed by atoms with Crippen LogP contribution < -0.4 is 0 Å². The van der Waals surface area contributed by atoms with Crippen molar-refractivity contribution in [3.63, 3.8) is 0 Å². The largest absolute Gasteiger partial charge is 0.480 e. The van der Waals surface area contributed by atoms with Gasteiger partial charge in [0.2, 0.25) is 0 Å². The van der Waals surface area contributed by atoms with Gasteiger partial charge < -0.3 is 15.0 Å². The Kier molecular flexibility index (Phi) is 3.39. The lowest BCUT2D eigenvalue weighted by Gasteiger charge is -2.34. The van der Waals surface area contributed by atoms with Crippen LogP contribution in [-0.4, -0.2) is 37.9 Å². The Balaban J connectivity index is 2.16. The zero-order chi connectivity index (χ0) is 15.3. The molecule has 3 heterocycles. The molecule has 0 spiro atoms. The fraction of sp³-hybridized carbons (Fsp3) is 0.357. The van der Waals surface area contributed by atoms with Gasteiger partial charge >= 0.3 is 5.97 Å². The van der Waals surface area contributed by atoms with Gasteiger partial charge in [0.05, 0.1) is 5.56 Å². The van der Waals surface area contributed by atoms with Crippen molar-refractivity contribution in [3.05, 3.63) is 27.1 Å². The van der Waals surface area contributed by atoms with Crippen LogP contribution in [0.15, 0.2) is 12.4 Å². The van der Waals surface area contributed by atoms with Crippen LogP contribution in [0.1, 0.15) is 29.8 Å². The minimum Gasteiger partial charge on any atom is -0.480 e. The first kappa shape index (κ1) is 14.3. The summed E-state index contributed by atoms with van der Waals surface area (Å²) >= 11 is 2.17. The second kappa shape index (κ2) is 4.97. The van der Waals surface area contributed by atoms with E-state index in [4.69, 9.17) is 0 Å². The molecule has 0 saturated heterocycles. The summed E-state index contributed by atoms with van der Waals surface area (Å²) in [5.74, 6) is -1.39. The van der Waals surface area contributed by atoms with E-state index < -0.39 is 12.0 Å². The van der Waals surface area contributed by atoms with E-state index in [2.05, 4.69) is 32.6 Å². The molecule has 0 fully saturated rings. The maximum atomic E-state index is 12.6. The van der Waals surface area contributed by atoms with Gasteiger partial charge in [-0.25, -0.2) is 9.78 Å². The van der Waals surface area contributed by atoms with Crippen molar-refractivity contribution in [3.8, 4) is 0 Å². The van der Waals surface area contributed by atoms with E-state index >= 15 is 0 Å². The molecule has 2 aromatic rings. The van der Waals surface area contributed by atoms with Crippen molar-refractivity contribution < 1.29 is 14.7 Å². The molecule has 3 rings (SSSR count). The number of hydrogen-bond acceptors (Lipinski definition) is 3. The number of pyridine rings is 1. The highest BCUT2D eigenvalue weighted by Crippen LogP contribution is 2.33. The maximum Gasteiger partial charge on any atom is 0.326 e. The molecule has 7 heteroatoms. The van der Waals surface area contributed by atoms with Crippen LogP contribution in [0, 0.1) is 9.49 Å². The third-order valence-corrected chi connectivity index (χ3v) is 4.73. The number of halogens is 1. The zero-order valence-electron chi connectivity index (χ0n) is 11.6. The Hall–Kier alpha value is -1.64. The lowest BCUT2D eigenvalue weighted by atomic mass is 9.96. The Bertz CT molecular complexity index is 753. The van der Waals surface area contributed by atoms with E-state index in [1.54, 1.807) is 12.4 Å². The number of carbonyl (C=O) groups excluding carboxylic acids is 1. The fourth-order valence-corrected chi connectivity index (χ4v) is 3.44. The molecule has 110 valence electrons. The molecular weight excluding hydrogens is 385 g/mol. The van der Waals surface area contributed by atoms with E-state index in [0.29, 0.717) is 17.8 Å². The molecule has 2 N–H and O–H groups in total. The molecule has 0 saturated carbocycles. The van der Waals surface area contributed by atoms with Crippen molar-refractivity contribution in [1.82, 2.24) is 14.9 Å². The number of nitrogens with zero attached hydrogens (tertiary/aromatic N) is 2. The molecule has 0 bridgehead atoms. The van der Waals surface area contributed by atoms with Crippen LogP contribution in [0.2, 0.25) is 0 Å². The maximum absolute atomic E-state index is 12.6. The van der Waals surface area contributed by atoms with Gasteiger partial charge in [-0.3, -0.25) is 4.79 Å². The topological polar surface area (TPSA) is 86.3 Å². The van der Waals surface area contributed by atoms with Gasteiger partial charge in [-0.2, -0.15) is 0 Å². The second-order valence-electron chi connectivity index (χ2n) is 5.47. The van der Waals surface area contributed by atoms with Gasteiger partial charge in [-0.15, -0.1) is 0 Å². The number of aromatic nitrogens is 2. The first-order valence-electron chi connectivity index (χ1n) is 6.60. The second-order valence-corrected chi connectivity index (χ2v) is 6.63. The standard InChI is InChI=1S/C14H14IN3O3/c1-6(2)11(14(20)21)18-5-8-9(15)4-17-12-10(8)7(3-16-12)13(18)19/h3-4,6,11H,5H2,1-2H3,(H,16,17)(H,20,21)/t11-/m1/s1. The predicted octanol–water partition coefficient (Wildman–Crippen LogP) is 2.23. The van der Waals surface area contributed by atoms with Crippen LogP contribution >= 0.6 is 22.6 Å². The Labute approximate surface area is 134 Å². The van der Waals surface area contributed by atoms with E-state index in [0.717, 1.165) is 14.5 Å². The molecule has 2 aromatic heterocycles. The van der Waals surface area contributed by atoms with Crippen LogP contribution in [0.5, 0.6) is 0 Å². The van der Waals surface area contributed by atoms with Crippen LogP contribution in [0.25, 0.3) is 11.0 Å². The lowest BCUT2D eigenvalue weighted by molar-refractivity contribution is -0.144. The number of carboxylic acids is 1. The molecule has 0 aromatic carbocycles. The van der Waals surface area contributed by atoms with Crippen LogP contribution in [0.4, 0.5) is 0 Å². The molecule has 0 unspecified atom stereocenters. The highest BCUT2D eigenvalue weighted by atomic mass is 127. The number of nitrogens with one attached hydrogen (secondary N) is 1. The number of H-pyrrole nitrogens is 1. The van der Waals surface area contributed by atoms with Crippen molar-refractivity contribution in [2.75, 3.05) is 0 Å². The SMILES string of the molecule is CC(C)[C@H](C(=O)O)N1Cc2c(I)cnc3[nH]cc(c23)C1=O. The summed E-state index contributed by atoms with van der Waals surface area (Å²) in [5.41, 5.74) is 2.14. The molecule has 6 nitrogen and oxygen atoms in total. The summed E-state index contributed by atoms with van der Waals surface area (Å²) in [6, 6.07) is -0.834. The Morgan fingerprint density at radius 3 is 2.86 bits per heavy atom. The minimum absolute atomic E-state index is 0.165. The normalized spacial score (nSPS) is 15.8. The quantitative estimate of drug-likeness (QED) is 0.776. The molecule has 1 aliphatic heterocycles. The molecule has 1 aliphatic rings. The minimum atomic E-state index is -0.974. The van der Waals surface area contributed by atoms with Crippen molar-refractivity contribution in [2.24, 2.45) is 5.92 Å². The summed E-state index contributed by atoms with van der Waals surface area (Å²) < 4.78 is 0.936. The molecule has 1 atom stereocenters. The Morgan fingerprint density at radius 2 is 2.24 bits per heavy atom. The van der Waals surface area contributed by atoms with Gasteiger partial charge in [0, 0.05) is 27.9 Å². The number of aliphatic carboxylic acids is 1. The molecule has 1 amide bonds. The Morgan fingerprint density at radius 1 is 1.52 bits per heavy atom. The van der Waals surface area contributed by atoms with Gasteiger partial charge in [-0.1, -0.05) is 13.8 Å². The predicted molar refractivity (Wildman–Crippen MR) is 84.9 cm³/mol. The highest BCUT2D eigenvalue weighted by molar-refractivity contribution is 14.1. The van der Waals surface area contributed by atoms with Gasteiger partial charge in [-0.05, 0) is 34.1 Å². The average molecular weight is 399 g/mol. The molecule has 0 radical (unpaired) electrons. The third kappa shape index (κ3) is 2.10. The van der Waals surface area contributed by atoms with E-state index in [1.165, 1.54) is 4.90 Å². The number of amides is 1. The zero-order valence-corrected chi connectivity index (χ0v) is 13.7. The van der Waals surface area contributed by atoms with E-state index in [1.807, 2.05) is 13.8 Å². The first-order chi connectivity index (χ1) is 9.91. The smallest absolute Gasteiger partial charge is 0.326 e. The van der Waals surface area contributed by atoms with Gasteiger partial charge in [0.25, 0.3) is 5.91 Å². The fourth-order valence-electron chi connectivity index (χ4n) is 2.86. The monoisotopic (exact) mass is 399 g/mol.